The van der Waals surface area contributed by atoms with Gasteiger partial charge >= 0.3 is 0 Å². The summed E-state index contributed by atoms with van der Waals surface area (Å²) in [4.78, 5) is 24.4. The molecule has 1 aromatic carbocycles. The predicted octanol–water partition coefficient (Wildman–Crippen LogP) is 1.50. The van der Waals surface area contributed by atoms with E-state index in [4.69, 9.17) is 18.0 Å². The summed E-state index contributed by atoms with van der Waals surface area (Å²) in [5.74, 6) is -1.34. The van der Waals surface area contributed by atoms with Crippen LogP contribution in [0.3, 0.4) is 0 Å². The molecule has 2 rings (SSSR count). The standard InChI is InChI=1S/C12H11FN2O2S/c13-7-3-1-4-8(11(7)12(14)18)15-9(16)5-2-6-10(15)17/h1,3-4H,2,5-6H2,(H2,14,18). The minimum atomic E-state index is -0.633. The number of nitrogens with zero attached hydrogens (tertiary/aromatic N) is 1. The first kappa shape index (κ1) is 12.6. The molecule has 1 aromatic rings. The zero-order chi connectivity index (χ0) is 13.3. The molecular formula is C12H11FN2O2S. The topological polar surface area (TPSA) is 63.4 Å². The number of amides is 2. The van der Waals surface area contributed by atoms with Crippen molar-refractivity contribution in [2.75, 3.05) is 4.90 Å². The molecule has 1 fully saturated rings. The van der Waals surface area contributed by atoms with Crippen molar-refractivity contribution in [2.24, 2.45) is 5.73 Å². The number of imide groups is 1. The first-order chi connectivity index (χ1) is 8.52. The Kier molecular flexibility index (Phi) is 3.38. The lowest BCUT2D eigenvalue weighted by Crippen LogP contribution is -2.41. The van der Waals surface area contributed by atoms with Gasteiger partial charge in [0, 0.05) is 12.8 Å². The molecule has 18 heavy (non-hydrogen) atoms. The number of rotatable bonds is 2. The largest absolute Gasteiger partial charge is 0.389 e. The van der Waals surface area contributed by atoms with Gasteiger partial charge in [0.15, 0.2) is 0 Å². The molecule has 4 nitrogen and oxygen atoms in total. The minimum absolute atomic E-state index is 0.0592. The van der Waals surface area contributed by atoms with Crippen LogP contribution in [0.25, 0.3) is 0 Å². The van der Waals surface area contributed by atoms with Gasteiger partial charge in [-0.2, -0.15) is 0 Å². The van der Waals surface area contributed by atoms with Crippen molar-refractivity contribution in [2.45, 2.75) is 19.3 Å². The molecule has 94 valence electrons. The third-order valence-corrected chi connectivity index (χ3v) is 2.96. The normalized spacial score (nSPS) is 15.9. The van der Waals surface area contributed by atoms with Crippen molar-refractivity contribution < 1.29 is 14.0 Å². The zero-order valence-electron chi connectivity index (χ0n) is 9.48. The van der Waals surface area contributed by atoms with Crippen molar-refractivity contribution >= 4 is 34.7 Å². The molecule has 0 aromatic heterocycles. The number of anilines is 1. The molecule has 0 atom stereocenters. The summed E-state index contributed by atoms with van der Waals surface area (Å²) in [6, 6.07) is 4.08. The van der Waals surface area contributed by atoms with E-state index in [0.717, 1.165) is 4.90 Å². The molecule has 0 unspecified atom stereocenters. The maximum absolute atomic E-state index is 13.7. The van der Waals surface area contributed by atoms with Gasteiger partial charge < -0.3 is 5.73 Å². The van der Waals surface area contributed by atoms with Gasteiger partial charge in [-0.3, -0.25) is 9.59 Å². The Bertz CT molecular complexity index is 529. The molecule has 1 aliphatic rings. The van der Waals surface area contributed by atoms with Crippen molar-refractivity contribution in [3.05, 3.63) is 29.6 Å². The van der Waals surface area contributed by atoms with Crippen LogP contribution in [0.2, 0.25) is 0 Å². The number of nitrogens with two attached hydrogens (primary N) is 1. The van der Waals surface area contributed by atoms with Crippen LogP contribution in [0, 0.1) is 5.82 Å². The van der Waals surface area contributed by atoms with Crippen LogP contribution < -0.4 is 10.6 Å². The summed E-state index contributed by atoms with van der Waals surface area (Å²) in [6.07, 6.45) is 1.05. The van der Waals surface area contributed by atoms with Crippen LogP contribution in [-0.4, -0.2) is 16.8 Å². The number of carbonyl (C=O) groups excluding carboxylic acids is 2. The summed E-state index contributed by atoms with van der Waals surface area (Å²) in [5.41, 5.74) is 5.53. The van der Waals surface area contributed by atoms with Crippen molar-refractivity contribution in [1.82, 2.24) is 0 Å². The molecule has 0 aliphatic carbocycles. The first-order valence-corrected chi connectivity index (χ1v) is 5.87. The molecule has 0 bridgehead atoms. The molecule has 6 heteroatoms. The van der Waals surface area contributed by atoms with Gasteiger partial charge in [-0.15, -0.1) is 0 Å². The van der Waals surface area contributed by atoms with Crippen LogP contribution in [0.5, 0.6) is 0 Å². The molecule has 1 aliphatic heterocycles. The molecule has 2 N–H and O–H groups in total. The van der Waals surface area contributed by atoms with Gasteiger partial charge in [-0.25, -0.2) is 9.29 Å². The maximum atomic E-state index is 13.7. The fourth-order valence-electron chi connectivity index (χ4n) is 1.97. The molecule has 0 spiro atoms. The minimum Gasteiger partial charge on any atom is -0.389 e. The summed E-state index contributed by atoms with van der Waals surface area (Å²) < 4.78 is 13.7. The van der Waals surface area contributed by atoms with E-state index in [-0.39, 0.29) is 40.9 Å². The van der Waals surface area contributed by atoms with E-state index in [1.807, 2.05) is 0 Å². The van der Waals surface area contributed by atoms with Crippen LogP contribution in [-0.2, 0) is 9.59 Å². The predicted molar refractivity (Wildman–Crippen MR) is 68.6 cm³/mol. The van der Waals surface area contributed by atoms with Crippen molar-refractivity contribution in [1.29, 1.82) is 0 Å². The molecule has 1 saturated heterocycles. The summed E-state index contributed by atoms with van der Waals surface area (Å²) >= 11 is 4.77. The number of halogens is 1. The van der Waals surface area contributed by atoms with E-state index in [1.165, 1.54) is 18.2 Å². The lowest BCUT2D eigenvalue weighted by Gasteiger charge is -2.26. The smallest absolute Gasteiger partial charge is 0.233 e. The van der Waals surface area contributed by atoms with Gasteiger partial charge in [0.1, 0.15) is 10.8 Å². The fourth-order valence-corrected chi connectivity index (χ4v) is 2.17. The Balaban J connectivity index is 2.56. The van der Waals surface area contributed by atoms with E-state index in [0.29, 0.717) is 6.42 Å². The van der Waals surface area contributed by atoms with Crippen molar-refractivity contribution in [3.8, 4) is 0 Å². The third-order valence-electron chi connectivity index (χ3n) is 2.76. The summed E-state index contributed by atoms with van der Waals surface area (Å²) in [5, 5.41) is 0. The Labute approximate surface area is 109 Å². The second kappa shape index (κ2) is 4.81. The van der Waals surface area contributed by atoms with Crippen LogP contribution in [0.15, 0.2) is 18.2 Å². The quantitative estimate of drug-likeness (QED) is 0.651. The first-order valence-electron chi connectivity index (χ1n) is 5.46. The monoisotopic (exact) mass is 266 g/mol. The van der Waals surface area contributed by atoms with E-state index < -0.39 is 5.82 Å². The maximum Gasteiger partial charge on any atom is 0.233 e. The van der Waals surface area contributed by atoms with E-state index in [2.05, 4.69) is 0 Å². The molecule has 1 heterocycles. The number of benzene rings is 1. The summed E-state index contributed by atoms with van der Waals surface area (Å²) in [6.45, 7) is 0. The summed E-state index contributed by atoms with van der Waals surface area (Å²) in [7, 11) is 0. The SMILES string of the molecule is NC(=S)c1c(F)cccc1N1C(=O)CCCC1=O. The van der Waals surface area contributed by atoms with E-state index in [9.17, 15) is 14.0 Å². The number of piperidine rings is 1. The Morgan fingerprint density at radius 1 is 1.28 bits per heavy atom. The average molecular weight is 266 g/mol. The number of hydrogen-bond donors (Lipinski definition) is 1. The fraction of sp³-hybridized carbons (Fsp3) is 0.250. The highest BCUT2D eigenvalue weighted by molar-refractivity contribution is 7.80. The molecular weight excluding hydrogens is 255 g/mol. The Hall–Kier alpha value is -1.82. The molecule has 2 amide bonds. The van der Waals surface area contributed by atoms with Crippen molar-refractivity contribution in [3.63, 3.8) is 0 Å². The van der Waals surface area contributed by atoms with E-state index >= 15 is 0 Å². The highest BCUT2D eigenvalue weighted by atomic mass is 32.1. The number of hydrogen-bond acceptors (Lipinski definition) is 3. The second-order valence-corrected chi connectivity index (χ2v) is 4.41. The van der Waals surface area contributed by atoms with Gasteiger partial charge in [0.05, 0.1) is 11.3 Å². The zero-order valence-corrected chi connectivity index (χ0v) is 10.3. The van der Waals surface area contributed by atoms with Gasteiger partial charge in [0.2, 0.25) is 11.8 Å². The average Bonchev–Trinajstić information content (AvgIpc) is 2.28. The Morgan fingerprint density at radius 2 is 1.89 bits per heavy atom. The van der Waals surface area contributed by atoms with Crippen LogP contribution in [0.4, 0.5) is 10.1 Å². The van der Waals surface area contributed by atoms with Crippen LogP contribution >= 0.6 is 12.2 Å². The number of carbonyl (C=O) groups is 2. The van der Waals surface area contributed by atoms with Gasteiger partial charge in [0.25, 0.3) is 0 Å². The highest BCUT2D eigenvalue weighted by Crippen LogP contribution is 2.27. The third kappa shape index (κ3) is 2.11. The van der Waals surface area contributed by atoms with Crippen LogP contribution in [0.1, 0.15) is 24.8 Å². The lowest BCUT2D eigenvalue weighted by molar-refractivity contribution is -0.129. The molecule has 0 radical (unpaired) electrons. The van der Waals surface area contributed by atoms with Gasteiger partial charge in [-0.1, -0.05) is 18.3 Å². The second-order valence-electron chi connectivity index (χ2n) is 3.97. The Morgan fingerprint density at radius 3 is 2.44 bits per heavy atom. The van der Waals surface area contributed by atoms with Gasteiger partial charge in [-0.05, 0) is 18.6 Å². The molecule has 0 saturated carbocycles. The number of thiocarbonyl (C=S) groups is 1. The highest BCUT2D eigenvalue weighted by Gasteiger charge is 2.30. The van der Waals surface area contributed by atoms with E-state index in [1.54, 1.807) is 0 Å². The lowest BCUT2D eigenvalue weighted by atomic mass is 10.1.